The van der Waals surface area contributed by atoms with Crippen molar-refractivity contribution in [1.82, 2.24) is 9.38 Å². The third-order valence-corrected chi connectivity index (χ3v) is 3.49. The summed E-state index contributed by atoms with van der Waals surface area (Å²) in [6.45, 7) is 1.79. The third-order valence-electron chi connectivity index (χ3n) is 3.49. The fraction of sp³-hybridized carbons (Fsp3) is 0.118. The molecule has 0 saturated heterocycles. The second-order valence-corrected chi connectivity index (χ2v) is 5.16. The topological polar surface area (TPSA) is 89.5 Å². The second-order valence-electron chi connectivity index (χ2n) is 5.16. The Morgan fingerprint density at radius 3 is 2.57 bits per heavy atom. The summed E-state index contributed by atoms with van der Waals surface area (Å²) >= 11 is 0. The molecule has 0 spiro atoms. The number of rotatable bonds is 4. The highest BCUT2D eigenvalue weighted by Crippen LogP contribution is 2.14. The molecule has 116 valence electrons. The number of benzene rings is 1. The molecule has 0 aliphatic carbocycles. The zero-order valence-corrected chi connectivity index (χ0v) is 12.6. The molecule has 0 aliphatic heterocycles. The van der Waals surface area contributed by atoms with Crippen molar-refractivity contribution >= 4 is 28.7 Å². The second kappa shape index (κ2) is 5.92. The standard InChI is InChI=1S/C17H16N4O2/c1-2-15(22)14-10-21-9-11(3-8-16(21)20-14)17(23)19-13-6-4-12(18)5-7-13/h3-10H,2,18H2,1H3,(H,19,23). The number of imidazole rings is 1. The number of aromatic nitrogens is 2. The largest absolute Gasteiger partial charge is 0.399 e. The van der Waals surface area contributed by atoms with E-state index in [-0.39, 0.29) is 11.7 Å². The van der Waals surface area contributed by atoms with Gasteiger partial charge < -0.3 is 15.5 Å². The summed E-state index contributed by atoms with van der Waals surface area (Å²) < 4.78 is 1.68. The van der Waals surface area contributed by atoms with E-state index in [1.807, 2.05) is 0 Å². The zero-order chi connectivity index (χ0) is 16.4. The molecule has 23 heavy (non-hydrogen) atoms. The summed E-state index contributed by atoms with van der Waals surface area (Å²) in [5.41, 5.74) is 8.43. The molecule has 1 aromatic carbocycles. The van der Waals surface area contributed by atoms with E-state index in [1.165, 1.54) is 0 Å². The van der Waals surface area contributed by atoms with Crippen LogP contribution in [0.25, 0.3) is 5.65 Å². The molecule has 0 bridgehead atoms. The van der Waals surface area contributed by atoms with Gasteiger partial charge in [-0.25, -0.2) is 4.98 Å². The maximum atomic E-state index is 12.3. The highest BCUT2D eigenvalue weighted by atomic mass is 16.1. The normalized spacial score (nSPS) is 10.7. The molecule has 0 aliphatic rings. The average molecular weight is 308 g/mol. The van der Waals surface area contributed by atoms with Crippen LogP contribution in [0, 0.1) is 0 Å². The summed E-state index contributed by atoms with van der Waals surface area (Å²) in [7, 11) is 0. The van der Waals surface area contributed by atoms with Gasteiger partial charge in [-0.2, -0.15) is 0 Å². The average Bonchev–Trinajstić information content (AvgIpc) is 2.99. The minimum Gasteiger partial charge on any atom is -0.399 e. The van der Waals surface area contributed by atoms with Gasteiger partial charge >= 0.3 is 0 Å². The highest BCUT2D eigenvalue weighted by molar-refractivity contribution is 6.04. The lowest BCUT2D eigenvalue weighted by atomic mass is 10.2. The smallest absolute Gasteiger partial charge is 0.257 e. The number of ketones is 1. The number of nitrogens with zero attached hydrogens (tertiary/aromatic N) is 2. The van der Waals surface area contributed by atoms with E-state index in [0.717, 1.165) is 0 Å². The van der Waals surface area contributed by atoms with Crippen LogP contribution in [-0.2, 0) is 0 Å². The number of amides is 1. The molecule has 1 amide bonds. The fourth-order valence-corrected chi connectivity index (χ4v) is 2.21. The predicted molar refractivity (Wildman–Crippen MR) is 88.6 cm³/mol. The lowest BCUT2D eigenvalue weighted by Crippen LogP contribution is -2.12. The highest BCUT2D eigenvalue weighted by Gasteiger charge is 2.11. The van der Waals surface area contributed by atoms with Crippen LogP contribution in [0.1, 0.15) is 34.2 Å². The first-order chi connectivity index (χ1) is 11.1. The fourth-order valence-electron chi connectivity index (χ4n) is 2.21. The summed E-state index contributed by atoms with van der Waals surface area (Å²) in [4.78, 5) is 28.2. The van der Waals surface area contributed by atoms with E-state index in [1.54, 1.807) is 60.1 Å². The van der Waals surface area contributed by atoms with Crippen molar-refractivity contribution in [3.05, 3.63) is 60.0 Å². The number of pyridine rings is 1. The first-order valence-electron chi connectivity index (χ1n) is 7.25. The van der Waals surface area contributed by atoms with Crippen LogP contribution in [0.3, 0.4) is 0 Å². The molecule has 3 N–H and O–H groups in total. The summed E-state index contributed by atoms with van der Waals surface area (Å²) in [5.74, 6) is -0.268. The monoisotopic (exact) mass is 308 g/mol. The first kappa shape index (κ1) is 14.8. The van der Waals surface area contributed by atoms with Gasteiger partial charge in [-0.05, 0) is 36.4 Å². The van der Waals surface area contributed by atoms with Crippen LogP contribution in [-0.4, -0.2) is 21.1 Å². The zero-order valence-electron chi connectivity index (χ0n) is 12.6. The molecule has 0 unspecified atom stereocenters. The number of anilines is 2. The number of nitrogens with two attached hydrogens (primary N) is 1. The maximum Gasteiger partial charge on any atom is 0.257 e. The van der Waals surface area contributed by atoms with Crippen molar-refractivity contribution in [1.29, 1.82) is 0 Å². The van der Waals surface area contributed by atoms with Crippen molar-refractivity contribution < 1.29 is 9.59 Å². The van der Waals surface area contributed by atoms with Crippen LogP contribution in [0.15, 0.2) is 48.8 Å². The summed E-state index contributed by atoms with van der Waals surface area (Å²) in [5, 5.41) is 2.80. The van der Waals surface area contributed by atoms with Crippen molar-refractivity contribution in [3.8, 4) is 0 Å². The van der Waals surface area contributed by atoms with E-state index >= 15 is 0 Å². The predicted octanol–water partition coefficient (Wildman–Crippen LogP) is 2.76. The molecular formula is C17H16N4O2. The molecule has 3 rings (SSSR count). The van der Waals surface area contributed by atoms with Crippen LogP contribution < -0.4 is 11.1 Å². The van der Waals surface area contributed by atoms with Gasteiger partial charge in [0, 0.05) is 30.2 Å². The number of fused-ring (bicyclic) bond motifs is 1. The van der Waals surface area contributed by atoms with Crippen molar-refractivity contribution in [3.63, 3.8) is 0 Å². The van der Waals surface area contributed by atoms with Crippen molar-refractivity contribution in [2.24, 2.45) is 0 Å². The van der Waals surface area contributed by atoms with E-state index < -0.39 is 0 Å². The molecule has 0 atom stereocenters. The molecule has 0 fully saturated rings. The minimum atomic E-state index is -0.242. The Labute approximate surface area is 132 Å². The Bertz CT molecular complexity index is 881. The number of carbonyl (C=O) groups excluding carboxylic acids is 2. The Hall–Kier alpha value is -3.15. The van der Waals surface area contributed by atoms with E-state index in [2.05, 4.69) is 10.3 Å². The van der Waals surface area contributed by atoms with Crippen molar-refractivity contribution in [2.45, 2.75) is 13.3 Å². The molecule has 0 radical (unpaired) electrons. The maximum absolute atomic E-state index is 12.3. The van der Waals surface area contributed by atoms with Gasteiger partial charge in [-0.1, -0.05) is 6.92 Å². The van der Waals surface area contributed by atoms with E-state index in [4.69, 9.17) is 5.73 Å². The first-order valence-corrected chi connectivity index (χ1v) is 7.25. The van der Waals surface area contributed by atoms with Gasteiger partial charge in [-0.15, -0.1) is 0 Å². The Balaban J connectivity index is 1.85. The number of Topliss-reactive ketones (excluding diaryl/α,β-unsaturated/α-hetero) is 1. The Morgan fingerprint density at radius 2 is 1.87 bits per heavy atom. The molecule has 2 aromatic heterocycles. The summed E-state index contributed by atoms with van der Waals surface area (Å²) in [6.07, 6.45) is 3.69. The molecule has 6 nitrogen and oxygen atoms in total. The van der Waals surface area contributed by atoms with E-state index in [0.29, 0.717) is 34.7 Å². The number of nitrogen functional groups attached to an aromatic ring is 1. The van der Waals surface area contributed by atoms with Gasteiger partial charge in [0.2, 0.25) is 0 Å². The summed E-state index contributed by atoms with van der Waals surface area (Å²) in [6, 6.07) is 10.3. The number of hydrogen-bond donors (Lipinski definition) is 2. The van der Waals surface area contributed by atoms with Gasteiger partial charge in [0.05, 0.1) is 5.56 Å². The number of hydrogen-bond acceptors (Lipinski definition) is 4. The van der Waals surface area contributed by atoms with Gasteiger partial charge in [-0.3, -0.25) is 9.59 Å². The van der Waals surface area contributed by atoms with Gasteiger partial charge in [0.25, 0.3) is 5.91 Å². The molecule has 6 heteroatoms. The SMILES string of the molecule is CCC(=O)c1cn2cc(C(=O)Nc3ccc(N)cc3)ccc2n1. The molecule has 0 saturated carbocycles. The quantitative estimate of drug-likeness (QED) is 0.573. The molecular weight excluding hydrogens is 292 g/mol. The van der Waals surface area contributed by atoms with Crippen LogP contribution in [0.4, 0.5) is 11.4 Å². The minimum absolute atomic E-state index is 0.0263. The van der Waals surface area contributed by atoms with Gasteiger partial charge in [0.15, 0.2) is 5.78 Å². The lowest BCUT2D eigenvalue weighted by Gasteiger charge is -2.06. The Morgan fingerprint density at radius 1 is 1.13 bits per heavy atom. The number of nitrogens with one attached hydrogen (secondary N) is 1. The number of carbonyl (C=O) groups is 2. The van der Waals surface area contributed by atoms with Gasteiger partial charge in [0.1, 0.15) is 11.3 Å². The Kier molecular flexibility index (Phi) is 3.80. The molecule has 2 heterocycles. The van der Waals surface area contributed by atoms with E-state index in [9.17, 15) is 9.59 Å². The third kappa shape index (κ3) is 3.06. The van der Waals surface area contributed by atoms with Crippen LogP contribution >= 0.6 is 0 Å². The lowest BCUT2D eigenvalue weighted by molar-refractivity contribution is 0.0982. The van der Waals surface area contributed by atoms with Crippen molar-refractivity contribution in [2.75, 3.05) is 11.1 Å². The molecule has 3 aromatic rings. The van der Waals surface area contributed by atoms with Crippen LogP contribution in [0.5, 0.6) is 0 Å². The van der Waals surface area contributed by atoms with Crippen LogP contribution in [0.2, 0.25) is 0 Å².